The lowest BCUT2D eigenvalue weighted by Crippen LogP contribution is -2.26. The number of benzene rings is 1. The summed E-state index contributed by atoms with van der Waals surface area (Å²) >= 11 is 0. The molecular formula is C11H13ClFNO4S2. The summed E-state index contributed by atoms with van der Waals surface area (Å²) < 4.78 is 61.9. The van der Waals surface area contributed by atoms with Gasteiger partial charge in [0.2, 0.25) is 10.0 Å². The number of hydrogen-bond donors (Lipinski definition) is 1. The van der Waals surface area contributed by atoms with E-state index >= 15 is 0 Å². The molecule has 1 N–H and O–H groups in total. The largest absolute Gasteiger partial charge is 0.261 e. The van der Waals surface area contributed by atoms with Crippen LogP contribution < -0.4 is 4.72 Å². The Labute approximate surface area is 121 Å². The molecule has 0 spiro atoms. The first-order valence-corrected chi connectivity index (χ1v) is 9.73. The number of rotatable bonds is 6. The third-order valence-corrected chi connectivity index (χ3v) is 5.86. The van der Waals surface area contributed by atoms with Crippen LogP contribution >= 0.6 is 10.7 Å². The fourth-order valence-corrected chi connectivity index (χ4v) is 3.60. The molecule has 20 heavy (non-hydrogen) atoms. The molecule has 1 aromatic rings. The summed E-state index contributed by atoms with van der Waals surface area (Å²) in [6, 6.07) is 2.45. The molecule has 5 nitrogen and oxygen atoms in total. The molecule has 0 heterocycles. The van der Waals surface area contributed by atoms with E-state index in [0.29, 0.717) is 12.0 Å². The Morgan fingerprint density at radius 1 is 1.25 bits per heavy atom. The Bertz CT molecular complexity index is 714. The monoisotopic (exact) mass is 341 g/mol. The van der Waals surface area contributed by atoms with Crippen LogP contribution in [-0.2, 0) is 19.1 Å². The highest BCUT2D eigenvalue weighted by Crippen LogP contribution is 2.32. The van der Waals surface area contributed by atoms with Crippen LogP contribution in [0.4, 0.5) is 4.39 Å². The van der Waals surface area contributed by atoms with Crippen LogP contribution in [0.1, 0.15) is 19.3 Å². The second-order valence-corrected chi connectivity index (χ2v) is 8.96. The van der Waals surface area contributed by atoms with Gasteiger partial charge in [-0.05, 0) is 30.5 Å². The van der Waals surface area contributed by atoms with Crippen molar-refractivity contribution in [3.05, 3.63) is 24.0 Å². The van der Waals surface area contributed by atoms with Crippen LogP contribution in [0.15, 0.2) is 28.0 Å². The topological polar surface area (TPSA) is 80.3 Å². The second-order valence-electron chi connectivity index (χ2n) is 4.66. The minimum absolute atomic E-state index is 0.238. The van der Waals surface area contributed by atoms with Crippen molar-refractivity contribution in [1.82, 2.24) is 4.72 Å². The maximum Gasteiger partial charge on any atom is 0.261 e. The van der Waals surface area contributed by atoms with Crippen molar-refractivity contribution in [1.29, 1.82) is 0 Å². The zero-order valence-corrected chi connectivity index (χ0v) is 12.7. The third-order valence-electron chi connectivity index (χ3n) is 3.02. The molecule has 0 amide bonds. The molecule has 1 aliphatic rings. The quantitative estimate of drug-likeness (QED) is 0.800. The molecule has 9 heteroatoms. The summed E-state index contributed by atoms with van der Waals surface area (Å²) in [5.41, 5.74) is 0. The zero-order chi connectivity index (χ0) is 15.0. The molecule has 112 valence electrons. The van der Waals surface area contributed by atoms with Gasteiger partial charge in [0.25, 0.3) is 9.05 Å². The molecule has 1 fully saturated rings. The van der Waals surface area contributed by atoms with E-state index in [4.69, 9.17) is 10.7 Å². The number of halogens is 2. The minimum atomic E-state index is -4.09. The van der Waals surface area contributed by atoms with Crippen LogP contribution in [0, 0.1) is 11.7 Å². The smallest absolute Gasteiger partial charge is 0.211 e. The van der Waals surface area contributed by atoms with Crippen molar-refractivity contribution in [3.8, 4) is 0 Å². The van der Waals surface area contributed by atoms with Crippen molar-refractivity contribution in [3.63, 3.8) is 0 Å². The molecule has 2 rings (SSSR count). The summed E-state index contributed by atoms with van der Waals surface area (Å²) in [5.74, 6) is -0.600. The Morgan fingerprint density at radius 3 is 2.40 bits per heavy atom. The lowest BCUT2D eigenvalue weighted by molar-refractivity contribution is 0.550. The summed E-state index contributed by atoms with van der Waals surface area (Å²) in [5, 5.41) is 0. The van der Waals surface area contributed by atoms with E-state index < -0.39 is 34.7 Å². The summed E-state index contributed by atoms with van der Waals surface area (Å²) in [6.07, 6.45) is 2.91. The average molecular weight is 342 g/mol. The fraction of sp³-hybridized carbons (Fsp3) is 0.455. The first-order valence-electron chi connectivity index (χ1n) is 5.94. The maximum absolute atomic E-state index is 13.7. The molecule has 0 unspecified atom stereocenters. The van der Waals surface area contributed by atoms with Gasteiger partial charge in [0.05, 0.1) is 4.90 Å². The van der Waals surface area contributed by atoms with E-state index in [-0.39, 0.29) is 6.54 Å². The zero-order valence-electron chi connectivity index (χ0n) is 10.3. The number of nitrogens with one attached hydrogen (secondary N) is 1. The first kappa shape index (κ1) is 15.7. The van der Waals surface area contributed by atoms with Gasteiger partial charge in [-0.15, -0.1) is 0 Å². The second kappa shape index (κ2) is 5.59. The lowest BCUT2D eigenvalue weighted by Gasteiger charge is -2.08. The summed E-state index contributed by atoms with van der Waals surface area (Å²) in [6.45, 7) is 0.238. The van der Waals surface area contributed by atoms with Gasteiger partial charge >= 0.3 is 0 Å². The van der Waals surface area contributed by atoms with Crippen LogP contribution in [-0.4, -0.2) is 23.4 Å². The van der Waals surface area contributed by atoms with Crippen molar-refractivity contribution >= 4 is 29.8 Å². The Kier molecular flexibility index (Phi) is 4.38. The molecule has 1 aromatic carbocycles. The van der Waals surface area contributed by atoms with Crippen molar-refractivity contribution < 1.29 is 21.2 Å². The van der Waals surface area contributed by atoms with E-state index in [1.807, 2.05) is 0 Å². The molecule has 0 aliphatic heterocycles. The Balaban J connectivity index is 2.18. The minimum Gasteiger partial charge on any atom is -0.211 e. The molecule has 1 aliphatic carbocycles. The molecule has 1 saturated carbocycles. The van der Waals surface area contributed by atoms with Gasteiger partial charge in [-0.2, -0.15) is 0 Å². The van der Waals surface area contributed by atoms with Crippen LogP contribution in [0.5, 0.6) is 0 Å². The van der Waals surface area contributed by atoms with Gasteiger partial charge in [0.15, 0.2) is 0 Å². The fourth-order valence-electron chi connectivity index (χ4n) is 1.73. The van der Waals surface area contributed by atoms with E-state index in [2.05, 4.69) is 4.72 Å². The predicted octanol–water partition coefficient (Wildman–Crippen LogP) is 1.83. The SMILES string of the molecule is O=S(=O)(Cl)c1ccc(S(=O)(=O)NCCC2CC2)c(F)c1. The van der Waals surface area contributed by atoms with E-state index in [0.717, 1.165) is 31.4 Å². The van der Waals surface area contributed by atoms with Gasteiger partial charge in [0, 0.05) is 17.2 Å². The van der Waals surface area contributed by atoms with Crippen molar-refractivity contribution in [2.24, 2.45) is 5.92 Å². The maximum atomic E-state index is 13.7. The number of hydrogen-bond acceptors (Lipinski definition) is 4. The first-order chi connectivity index (χ1) is 9.20. The van der Waals surface area contributed by atoms with Crippen molar-refractivity contribution in [2.45, 2.75) is 29.1 Å². The van der Waals surface area contributed by atoms with Gasteiger partial charge in [-0.25, -0.2) is 25.9 Å². The van der Waals surface area contributed by atoms with Gasteiger partial charge < -0.3 is 0 Å². The molecule has 0 atom stereocenters. The highest BCUT2D eigenvalue weighted by atomic mass is 35.7. The van der Waals surface area contributed by atoms with Crippen LogP contribution in [0.3, 0.4) is 0 Å². The predicted molar refractivity (Wildman–Crippen MR) is 72.0 cm³/mol. The van der Waals surface area contributed by atoms with Gasteiger partial charge in [-0.3, -0.25) is 0 Å². The number of sulfonamides is 1. The summed E-state index contributed by atoms with van der Waals surface area (Å²) in [7, 11) is -3.01. The van der Waals surface area contributed by atoms with Crippen LogP contribution in [0.25, 0.3) is 0 Å². The summed E-state index contributed by atoms with van der Waals surface area (Å²) in [4.78, 5) is -1.06. The van der Waals surface area contributed by atoms with Gasteiger partial charge in [-0.1, -0.05) is 12.8 Å². The molecule has 0 aromatic heterocycles. The Morgan fingerprint density at radius 2 is 1.90 bits per heavy atom. The lowest BCUT2D eigenvalue weighted by atomic mass is 10.3. The molecule has 0 saturated heterocycles. The van der Waals surface area contributed by atoms with Crippen molar-refractivity contribution in [2.75, 3.05) is 6.54 Å². The molecular weight excluding hydrogens is 329 g/mol. The molecule has 0 bridgehead atoms. The van der Waals surface area contributed by atoms with Crippen LogP contribution in [0.2, 0.25) is 0 Å². The standard InChI is InChI=1S/C11H13ClFNO4S2/c12-19(15,16)9-3-4-11(10(13)7-9)20(17,18)14-6-5-8-1-2-8/h3-4,7-8,14H,1-2,5-6H2. The normalized spacial score (nSPS) is 16.3. The average Bonchev–Trinajstić information content (AvgIpc) is 3.11. The third kappa shape index (κ3) is 3.91. The van der Waals surface area contributed by atoms with E-state index in [1.165, 1.54) is 0 Å². The highest BCUT2D eigenvalue weighted by molar-refractivity contribution is 8.13. The Hall–Kier alpha value is -0.700. The van der Waals surface area contributed by atoms with E-state index in [1.54, 1.807) is 0 Å². The molecule has 0 radical (unpaired) electrons. The highest BCUT2D eigenvalue weighted by Gasteiger charge is 2.24. The van der Waals surface area contributed by atoms with Gasteiger partial charge in [0.1, 0.15) is 10.7 Å². The van der Waals surface area contributed by atoms with E-state index in [9.17, 15) is 21.2 Å².